The predicted molar refractivity (Wildman–Crippen MR) is 86.5 cm³/mol. The molecule has 0 spiro atoms. The highest BCUT2D eigenvalue weighted by Crippen LogP contribution is 2.21. The second-order valence-corrected chi connectivity index (χ2v) is 5.48. The monoisotopic (exact) mass is 285 g/mol. The van der Waals surface area contributed by atoms with E-state index in [0.29, 0.717) is 19.0 Å². The van der Waals surface area contributed by atoms with Crippen LogP contribution >= 0.6 is 0 Å². The van der Waals surface area contributed by atoms with Gasteiger partial charge in [0.15, 0.2) is 0 Å². The summed E-state index contributed by atoms with van der Waals surface area (Å²) in [5, 5.41) is 7.49. The molecule has 0 saturated carbocycles. The van der Waals surface area contributed by atoms with Gasteiger partial charge in [0.2, 0.25) is 0 Å². The van der Waals surface area contributed by atoms with Crippen molar-refractivity contribution < 1.29 is 0 Å². The van der Waals surface area contributed by atoms with Crippen molar-refractivity contribution in [2.45, 2.75) is 39.8 Å². The third-order valence-corrected chi connectivity index (χ3v) is 3.59. The zero-order chi connectivity index (χ0) is 15.4. The number of benzene rings is 1. The normalized spacial score (nSPS) is 11.1. The molecule has 2 aromatic rings. The van der Waals surface area contributed by atoms with Gasteiger partial charge < -0.3 is 5.32 Å². The van der Waals surface area contributed by atoms with Crippen molar-refractivity contribution in [2.24, 2.45) is 0 Å². The van der Waals surface area contributed by atoms with Gasteiger partial charge in [-0.25, -0.2) is 4.68 Å². The second kappa shape index (κ2) is 6.68. The zero-order valence-corrected chi connectivity index (χ0v) is 13.2. The van der Waals surface area contributed by atoms with E-state index in [1.54, 1.807) is 0 Å². The van der Waals surface area contributed by atoms with Crippen LogP contribution in [0.5, 0.6) is 0 Å². The predicted octanol–water partition coefficient (Wildman–Crippen LogP) is 2.77. The molecule has 0 aliphatic rings. The summed E-state index contributed by atoms with van der Waals surface area (Å²) in [4.78, 5) is 12.2. The van der Waals surface area contributed by atoms with Crippen molar-refractivity contribution in [2.75, 3.05) is 7.05 Å². The zero-order valence-electron chi connectivity index (χ0n) is 13.2. The van der Waals surface area contributed by atoms with Crippen LogP contribution in [0.3, 0.4) is 0 Å². The van der Waals surface area contributed by atoms with E-state index in [2.05, 4.69) is 48.5 Å². The highest BCUT2D eigenvalue weighted by atomic mass is 16.1. The molecule has 0 aliphatic carbocycles. The van der Waals surface area contributed by atoms with Crippen LogP contribution in [-0.2, 0) is 13.1 Å². The molecule has 0 radical (unpaired) electrons. The van der Waals surface area contributed by atoms with Crippen LogP contribution in [0, 0.1) is 0 Å². The van der Waals surface area contributed by atoms with E-state index in [-0.39, 0.29) is 5.56 Å². The van der Waals surface area contributed by atoms with E-state index in [0.717, 1.165) is 16.8 Å². The molecule has 0 unspecified atom stereocenters. The van der Waals surface area contributed by atoms with Gasteiger partial charge in [0, 0.05) is 24.2 Å². The first-order valence-corrected chi connectivity index (χ1v) is 7.42. The fourth-order valence-corrected chi connectivity index (χ4v) is 2.31. The molecule has 0 aliphatic heterocycles. The van der Waals surface area contributed by atoms with Gasteiger partial charge in [0.05, 0.1) is 5.69 Å². The highest BCUT2D eigenvalue weighted by molar-refractivity contribution is 5.59. The molecule has 21 heavy (non-hydrogen) atoms. The number of hydrogen-bond donors (Lipinski definition) is 1. The summed E-state index contributed by atoms with van der Waals surface area (Å²) in [7, 11) is 1.84. The summed E-state index contributed by atoms with van der Waals surface area (Å²) in [5.41, 5.74) is 3.92. The average Bonchev–Trinajstić information content (AvgIpc) is 2.49. The van der Waals surface area contributed by atoms with Crippen LogP contribution in [0.15, 0.2) is 35.1 Å². The minimum absolute atomic E-state index is 0.0191. The van der Waals surface area contributed by atoms with E-state index >= 15 is 0 Å². The van der Waals surface area contributed by atoms with E-state index < -0.39 is 0 Å². The van der Waals surface area contributed by atoms with Gasteiger partial charge in [-0.2, -0.15) is 5.10 Å². The van der Waals surface area contributed by atoms with Crippen molar-refractivity contribution in [1.29, 1.82) is 0 Å². The molecular formula is C17H23N3O. The molecule has 4 nitrogen and oxygen atoms in total. The van der Waals surface area contributed by atoms with Gasteiger partial charge >= 0.3 is 0 Å². The molecule has 1 N–H and O–H groups in total. The van der Waals surface area contributed by atoms with Crippen molar-refractivity contribution >= 4 is 0 Å². The smallest absolute Gasteiger partial charge is 0.271 e. The van der Waals surface area contributed by atoms with Crippen LogP contribution in [0.2, 0.25) is 0 Å². The lowest BCUT2D eigenvalue weighted by atomic mass is 10.0. The minimum Gasteiger partial charge on any atom is -0.315 e. The summed E-state index contributed by atoms with van der Waals surface area (Å²) in [6, 6.07) is 10.3. The van der Waals surface area contributed by atoms with Gasteiger partial charge in [0.1, 0.15) is 0 Å². The summed E-state index contributed by atoms with van der Waals surface area (Å²) in [6.07, 6.45) is 0. The van der Waals surface area contributed by atoms with Crippen LogP contribution in [-0.4, -0.2) is 16.8 Å². The third-order valence-electron chi connectivity index (χ3n) is 3.59. The first-order chi connectivity index (χ1) is 10.1. The number of aryl methyl sites for hydroxylation is 1. The Balaban J connectivity index is 2.47. The molecule has 0 bridgehead atoms. The van der Waals surface area contributed by atoms with E-state index in [9.17, 15) is 4.79 Å². The Morgan fingerprint density at radius 3 is 2.43 bits per heavy atom. The fourth-order valence-electron chi connectivity index (χ4n) is 2.31. The van der Waals surface area contributed by atoms with Crippen LogP contribution in [0.4, 0.5) is 0 Å². The quantitative estimate of drug-likeness (QED) is 0.919. The molecule has 2 rings (SSSR count). The lowest BCUT2D eigenvalue weighted by Crippen LogP contribution is -2.28. The first-order valence-electron chi connectivity index (χ1n) is 7.42. The second-order valence-electron chi connectivity index (χ2n) is 5.48. The van der Waals surface area contributed by atoms with Gasteiger partial charge in [-0.05, 0) is 31.5 Å². The molecule has 0 fully saturated rings. The maximum atomic E-state index is 12.2. The van der Waals surface area contributed by atoms with E-state index in [4.69, 9.17) is 0 Å². The topological polar surface area (TPSA) is 46.9 Å². The molecule has 112 valence electrons. The van der Waals surface area contributed by atoms with E-state index in [1.807, 2.05) is 20.0 Å². The molecule has 0 atom stereocenters. The Kier molecular flexibility index (Phi) is 4.91. The first kappa shape index (κ1) is 15.4. The molecule has 1 heterocycles. The lowest BCUT2D eigenvalue weighted by molar-refractivity contribution is 0.605. The summed E-state index contributed by atoms with van der Waals surface area (Å²) >= 11 is 0. The van der Waals surface area contributed by atoms with Crippen molar-refractivity contribution in [3.63, 3.8) is 0 Å². The van der Waals surface area contributed by atoms with Gasteiger partial charge in [-0.15, -0.1) is 0 Å². The lowest BCUT2D eigenvalue weighted by Gasteiger charge is -2.10. The average molecular weight is 285 g/mol. The number of nitrogens with zero attached hydrogens (tertiary/aromatic N) is 2. The van der Waals surface area contributed by atoms with Crippen molar-refractivity contribution in [3.8, 4) is 11.3 Å². The van der Waals surface area contributed by atoms with Crippen molar-refractivity contribution in [3.05, 3.63) is 51.8 Å². The Bertz CT molecular complexity index is 657. The molecule has 0 saturated heterocycles. The molecule has 1 aromatic heterocycles. The van der Waals surface area contributed by atoms with Crippen molar-refractivity contribution in [1.82, 2.24) is 15.1 Å². The highest BCUT2D eigenvalue weighted by Gasteiger charge is 2.09. The number of hydrogen-bond acceptors (Lipinski definition) is 3. The standard InChI is InChI=1S/C17H23N3O/c1-5-20-17(21)15(11-18-4)10-16(19-20)14-8-6-13(7-9-14)12(2)3/h6-10,12,18H,5,11H2,1-4H3. The number of aromatic nitrogens is 2. The Labute approximate surface area is 125 Å². The SMILES string of the molecule is CCn1nc(-c2ccc(C(C)C)cc2)cc(CNC)c1=O. The maximum Gasteiger partial charge on any atom is 0.271 e. The Morgan fingerprint density at radius 2 is 1.90 bits per heavy atom. The Morgan fingerprint density at radius 1 is 1.24 bits per heavy atom. The molecule has 1 aromatic carbocycles. The van der Waals surface area contributed by atoms with E-state index in [1.165, 1.54) is 10.2 Å². The van der Waals surface area contributed by atoms with Crippen LogP contribution in [0.25, 0.3) is 11.3 Å². The summed E-state index contributed by atoms with van der Waals surface area (Å²) < 4.78 is 1.53. The maximum absolute atomic E-state index is 12.2. The number of rotatable bonds is 5. The summed E-state index contributed by atoms with van der Waals surface area (Å²) in [5.74, 6) is 0.511. The largest absolute Gasteiger partial charge is 0.315 e. The summed E-state index contributed by atoms with van der Waals surface area (Å²) in [6.45, 7) is 7.42. The van der Waals surface area contributed by atoms with Gasteiger partial charge in [-0.3, -0.25) is 4.79 Å². The fraction of sp³-hybridized carbons (Fsp3) is 0.412. The third kappa shape index (κ3) is 3.39. The van der Waals surface area contributed by atoms with Crippen LogP contribution < -0.4 is 10.9 Å². The molecular weight excluding hydrogens is 262 g/mol. The molecule has 0 amide bonds. The minimum atomic E-state index is -0.0191. The Hall–Kier alpha value is -1.94. The number of nitrogens with one attached hydrogen (secondary N) is 1. The van der Waals surface area contributed by atoms with Gasteiger partial charge in [0.25, 0.3) is 5.56 Å². The molecule has 4 heteroatoms. The van der Waals surface area contributed by atoms with Crippen LogP contribution in [0.1, 0.15) is 37.8 Å². The van der Waals surface area contributed by atoms with Gasteiger partial charge in [-0.1, -0.05) is 38.1 Å².